The maximum absolute atomic E-state index is 11.8. The van der Waals surface area contributed by atoms with Crippen LogP contribution in [0, 0.1) is 0 Å². The number of hydrogen-bond donors (Lipinski definition) is 2. The van der Waals surface area contributed by atoms with E-state index in [-0.39, 0.29) is 36.8 Å². The summed E-state index contributed by atoms with van der Waals surface area (Å²) in [6.07, 6.45) is 0.405. The summed E-state index contributed by atoms with van der Waals surface area (Å²) < 4.78 is 22.9. The van der Waals surface area contributed by atoms with E-state index in [4.69, 9.17) is 10.8 Å². The van der Waals surface area contributed by atoms with Crippen molar-refractivity contribution in [1.29, 1.82) is 0 Å². The number of hydrogen-bond acceptors (Lipinski definition) is 5. The van der Waals surface area contributed by atoms with Crippen LogP contribution in [-0.2, 0) is 19.4 Å². The summed E-state index contributed by atoms with van der Waals surface area (Å²) in [5.74, 6) is -1.69. The van der Waals surface area contributed by atoms with Gasteiger partial charge in [0, 0.05) is 13.0 Å². The first-order valence-corrected chi connectivity index (χ1v) is 7.59. The number of carboxylic acid groups (broad SMARTS) is 1. The van der Waals surface area contributed by atoms with Crippen LogP contribution in [0.3, 0.4) is 0 Å². The fraction of sp³-hybridized carbons (Fsp3) is 0.800. The Balaban J connectivity index is 2.74. The highest BCUT2D eigenvalue weighted by Crippen LogP contribution is 2.16. The lowest BCUT2D eigenvalue weighted by molar-refractivity contribution is -0.140. The van der Waals surface area contributed by atoms with Crippen LogP contribution in [-0.4, -0.2) is 60.9 Å². The molecule has 1 unspecified atom stereocenters. The van der Waals surface area contributed by atoms with E-state index in [2.05, 4.69) is 0 Å². The van der Waals surface area contributed by atoms with E-state index in [9.17, 15) is 18.0 Å². The quantitative estimate of drug-likeness (QED) is 0.654. The minimum atomic E-state index is -3.25. The maximum atomic E-state index is 11.8. The predicted octanol–water partition coefficient (Wildman–Crippen LogP) is -1.17. The molecule has 1 amide bonds. The van der Waals surface area contributed by atoms with Gasteiger partial charge in [-0.1, -0.05) is 0 Å². The monoisotopic (exact) mass is 278 g/mol. The highest BCUT2D eigenvalue weighted by Gasteiger charge is 2.34. The summed E-state index contributed by atoms with van der Waals surface area (Å²) in [7, 11) is -3.25. The predicted molar refractivity (Wildman–Crippen MR) is 64.7 cm³/mol. The number of sulfone groups is 1. The van der Waals surface area contributed by atoms with Gasteiger partial charge in [-0.15, -0.1) is 0 Å². The first kappa shape index (κ1) is 14.9. The second-order valence-electron chi connectivity index (χ2n) is 4.35. The van der Waals surface area contributed by atoms with Crippen LogP contribution in [0.5, 0.6) is 0 Å². The molecule has 1 aliphatic heterocycles. The van der Waals surface area contributed by atoms with Crippen molar-refractivity contribution in [1.82, 2.24) is 4.90 Å². The van der Waals surface area contributed by atoms with E-state index in [1.807, 2.05) is 0 Å². The van der Waals surface area contributed by atoms with E-state index in [0.29, 0.717) is 13.0 Å². The molecule has 8 heteroatoms. The molecule has 7 nitrogen and oxygen atoms in total. The third-order valence-electron chi connectivity index (χ3n) is 2.86. The Morgan fingerprint density at radius 3 is 2.61 bits per heavy atom. The van der Waals surface area contributed by atoms with Crippen LogP contribution < -0.4 is 5.73 Å². The van der Waals surface area contributed by atoms with Crippen LogP contribution in [0.2, 0.25) is 0 Å². The fourth-order valence-electron chi connectivity index (χ4n) is 1.98. The lowest BCUT2D eigenvalue weighted by Gasteiger charge is -2.34. The summed E-state index contributed by atoms with van der Waals surface area (Å²) in [6, 6.07) is -0.758. The largest absolute Gasteiger partial charge is 0.481 e. The molecule has 0 aliphatic carbocycles. The van der Waals surface area contributed by atoms with Crippen molar-refractivity contribution in [2.45, 2.75) is 25.3 Å². The van der Waals surface area contributed by atoms with Gasteiger partial charge in [-0.3, -0.25) is 9.59 Å². The Morgan fingerprint density at radius 1 is 1.39 bits per heavy atom. The Labute approximate surface area is 106 Å². The number of aliphatic carboxylic acids is 1. The Kier molecular flexibility index (Phi) is 5.09. The van der Waals surface area contributed by atoms with Gasteiger partial charge in [0.05, 0.1) is 24.0 Å². The van der Waals surface area contributed by atoms with Crippen molar-refractivity contribution in [2.75, 3.05) is 24.6 Å². The third kappa shape index (κ3) is 4.26. The zero-order valence-electron chi connectivity index (χ0n) is 10.0. The molecule has 1 saturated heterocycles. The Morgan fingerprint density at radius 2 is 2.06 bits per heavy atom. The zero-order valence-corrected chi connectivity index (χ0v) is 10.9. The molecule has 1 fully saturated rings. The smallest absolute Gasteiger partial charge is 0.305 e. The number of carbonyl (C=O) groups is 2. The van der Waals surface area contributed by atoms with Gasteiger partial charge in [0.2, 0.25) is 5.91 Å². The standard InChI is InChI=1S/C10H18N2O5S/c11-3-1-2-9(13)12-4-5-18(16,17)7-8(12)6-10(14)15/h8H,1-7,11H2,(H,14,15). The van der Waals surface area contributed by atoms with Crippen LogP contribution in [0.25, 0.3) is 0 Å². The van der Waals surface area contributed by atoms with E-state index >= 15 is 0 Å². The van der Waals surface area contributed by atoms with Crippen LogP contribution in [0.1, 0.15) is 19.3 Å². The molecule has 0 bridgehead atoms. The summed E-state index contributed by atoms with van der Waals surface area (Å²) in [5, 5.41) is 8.76. The molecule has 0 spiro atoms. The van der Waals surface area contributed by atoms with Crippen molar-refractivity contribution in [3.05, 3.63) is 0 Å². The Bertz CT molecular complexity index is 420. The van der Waals surface area contributed by atoms with Gasteiger partial charge in [0.15, 0.2) is 9.84 Å². The second-order valence-corrected chi connectivity index (χ2v) is 6.57. The van der Waals surface area contributed by atoms with Crippen LogP contribution in [0.4, 0.5) is 0 Å². The second kappa shape index (κ2) is 6.14. The molecule has 1 aliphatic rings. The van der Waals surface area contributed by atoms with Gasteiger partial charge in [-0.25, -0.2) is 8.42 Å². The first-order chi connectivity index (χ1) is 8.35. The number of carbonyl (C=O) groups excluding carboxylic acids is 1. The van der Waals surface area contributed by atoms with Crippen molar-refractivity contribution < 1.29 is 23.1 Å². The third-order valence-corrected chi connectivity index (χ3v) is 4.55. The van der Waals surface area contributed by atoms with E-state index in [1.54, 1.807) is 0 Å². The highest BCUT2D eigenvalue weighted by atomic mass is 32.2. The minimum absolute atomic E-state index is 0.0731. The minimum Gasteiger partial charge on any atom is -0.481 e. The van der Waals surface area contributed by atoms with E-state index < -0.39 is 21.8 Å². The van der Waals surface area contributed by atoms with Crippen molar-refractivity contribution in [3.63, 3.8) is 0 Å². The van der Waals surface area contributed by atoms with Gasteiger partial charge in [-0.2, -0.15) is 0 Å². The Hall–Kier alpha value is -1.15. The average molecular weight is 278 g/mol. The van der Waals surface area contributed by atoms with Crippen molar-refractivity contribution in [2.24, 2.45) is 5.73 Å². The number of carboxylic acids is 1. The molecular weight excluding hydrogens is 260 g/mol. The first-order valence-electron chi connectivity index (χ1n) is 5.77. The normalized spacial score (nSPS) is 22.7. The molecule has 0 aromatic rings. The van der Waals surface area contributed by atoms with Crippen molar-refractivity contribution >= 4 is 21.7 Å². The molecule has 18 heavy (non-hydrogen) atoms. The summed E-state index contributed by atoms with van der Waals surface area (Å²) >= 11 is 0. The van der Waals surface area contributed by atoms with Crippen molar-refractivity contribution in [3.8, 4) is 0 Å². The van der Waals surface area contributed by atoms with Gasteiger partial charge >= 0.3 is 5.97 Å². The SMILES string of the molecule is NCCCC(=O)N1CCS(=O)(=O)CC1CC(=O)O. The maximum Gasteiger partial charge on any atom is 0.305 e. The van der Waals surface area contributed by atoms with Crippen LogP contribution >= 0.6 is 0 Å². The molecular formula is C10H18N2O5S. The topological polar surface area (TPSA) is 118 Å². The summed E-state index contributed by atoms with van der Waals surface area (Å²) in [4.78, 5) is 23.9. The number of amides is 1. The van der Waals surface area contributed by atoms with Crippen LogP contribution in [0.15, 0.2) is 0 Å². The highest BCUT2D eigenvalue weighted by molar-refractivity contribution is 7.91. The van der Waals surface area contributed by atoms with Gasteiger partial charge in [-0.05, 0) is 13.0 Å². The molecule has 0 radical (unpaired) electrons. The fourth-order valence-corrected chi connectivity index (χ4v) is 3.51. The lowest BCUT2D eigenvalue weighted by Crippen LogP contribution is -2.52. The molecule has 0 aromatic heterocycles. The van der Waals surface area contributed by atoms with Gasteiger partial charge in [0.1, 0.15) is 0 Å². The molecule has 0 aromatic carbocycles. The van der Waals surface area contributed by atoms with Gasteiger partial charge < -0.3 is 15.7 Å². The summed E-state index contributed by atoms with van der Waals surface area (Å²) in [5.41, 5.74) is 5.30. The molecule has 1 heterocycles. The zero-order chi connectivity index (χ0) is 13.8. The van der Waals surface area contributed by atoms with Gasteiger partial charge in [0.25, 0.3) is 0 Å². The number of rotatable bonds is 5. The number of nitrogens with two attached hydrogens (primary N) is 1. The molecule has 0 saturated carbocycles. The summed E-state index contributed by atoms with van der Waals surface area (Å²) in [6.45, 7) is 0.450. The van der Waals surface area contributed by atoms with E-state index in [0.717, 1.165) is 0 Å². The average Bonchev–Trinajstić information content (AvgIpc) is 2.24. The molecule has 3 N–H and O–H groups in total. The lowest BCUT2D eigenvalue weighted by atomic mass is 10.1. The van der Waals surface area contributed by atoms with E-state index in [1.165, 1.54) is 4.90 Å². The molecule has 104 valence electrons. The number of nitrogens with zero attached hydrogens (tertiary/aromatic N) is 1. The molecule has 1 rings (SSSR count). The molecule has 1 atom stereocenters.